The summed E-state index contributed by atoms with van der Waals surface area (Å²) >= 11 is 0. The molecule has 2 atom stereocenters. The lowest BCUT2D eigenvalue weighted by molar-refractivity contribution is -0.128. The number of aryl methyl sites for hydroxylation is 2. The van der Waals surface area contributed by atoms with Crippen molar-refractivity contribution in [1.82, 2.24) is 25.3 Å². The van der Waals surface area contributed by atoms with Crippen LogP contribution in [0.2, 0.25) is 0 Å². The van der Waals surface area contributed by atoms with Gasteiger partial charge in [-0.15, -0.1) is 0 Å². The normalized spacial score (nSPS) is 11.9. The minimum absolute atomic E-state index is 0.0730. The number of methoxy groups -OCH3 is 2. The number of nitrogens with zero attached hydrogens (tertiary/aromatic N) is 2. The van der Waals surface area contributed by atoms with Gasteiger partial charge in [0.05, 0.1) is 37.6 Å². The van der Waals surface area contributed by atoms with Crippen molar-refractivity contribution in [2.75, 3.05) is 24.9 Å². The lowest BCUT2D eigenvalue weighted by Gasteiger charge is -2.24. The van der Waals surface area contributed by atoms with Gasteiger partial charge >= 0.3 is 5.69 Å². The van der Waals surface area contributed by atoms with Gasteiger partial charge in [0.25, 0.3) is 17.4 Å². The Bertz CT molecular complexity index is 2460. The van der Waals surface area contributed by atoms with Gasteiger partial charge in [-0.25, -0.2) is 4.79 Å². The zero-order chi connectivity index (χ0) is 43.0. The van der Waals surface area contributed by atoms with Gasteiger partial charge in [-0.1, -0.05) is 31.1 Å². The van der Waals surface area contributed by atoms with E-state index in [4.69, 9.17) is 18.7 Å². The maximum atomic E-state index is 13.7. The molecule has 0 saturated carbocycles. The van der Waals surface area contributed by atoms with Crippen LogP contribution >= 0.6 is 0 Å². The molecule has 5 N–H and O–H groups in total. The van der Waals surface area contributed by atoms with Crippen molar-refractivity contribution >= 4 is 35.0 Å². The first-order valence-corrected chi connectivity index (χ1v) is 18.3. The second kappa shape index (κ2) is 18.8. The Morgan fingerprint density at radius 3 is 2.20 bits per heavy atom. The number of hydrogen-bond acceptors (Lipinski definition) is 11. The summed E-state index contributed by atoms with van der Waals surface area (Å²) in [5.74, 6) is -2.40. The van der Waals surface area contributed by atoms with Crippen LogP contribution in [-0.2, 0) is 22.7 Å². The molecule has 17 nitrogen and oxygen atoms in total. The Kier molecular flexibility index (Phi) is 13.7. The molecule has 0 fully saturated rings. The number of nitrogens with one attached hydrogen (secondary N) is 5. The van der Waals surface area contributed by atoms with E-state index in [9.17, 15) is 33.2 Å². The molecule has 0 bridgehead atoms. The summed E-state index contributed by atoms with van der Waals surface area (Å²) in [7, 11) is 2.89. The number of halogens is 1. The SMILES string of the molecule is COc1cc(NC(=O)c2ccc(OC)cc2OCc2c(C)noc2C)cc(C(=O)N[C@H](C(=O)N[C@@H](C)C(=O)Nc2ccc(Cn3c(=O)[nH]cc(F)c3=O)cc2)C(C)C)c1. The fraction of sp³-hybridized carbons (Fsp3) is 0.293. The van der Waals surface area contributed by atoms with Crippen molar-refractivity contribution in [1.29, 1.82) is 0 Å². The Labute approximate surface area is 337 Å². The molecular formula is C41H44FN7O10. The largest absolute Gasteiger partial charge is 0.497 e. The molecular weight excluding hydrogens is 769 g/mol. The van der Waals surface area contributed by atoms with Crippen molar-refractivity contribution in [2.45, 2.75) is 59.9 Å². The third-order valence-corrected chi connectivity index (χ3v) is 9.22. The number of amides is 4. The first kappa shape index (κ1) is 42.9. The van der Waals surface area contributed by atoms with Gasteiger partial charge in [0, 0.05) is 35.3 Å². The predicted octanol–water partition coefficient (Wildman–Crippen LogP) is 4.08. The molecule has 59 heavy (non-hydrogen) atoms. The third-order valence-electron chi connectivity index (χ3n) is 9.22. The van der Waals surface area contributed by atoms with E-state index in [-0.39, 0.29) is 41.5 Å². The number of carbonyl (C=O) groups is 4. The van der Waals surface area contributed by atoms with E-state index in [0.717, 1.165) is 5.56 Å². The molecule has 3 aromatic carbocycles. The number of benzene rings is 3. The molecule has 2 heterocycles. The van der Waals surface area contributed by atoms with Gasteiger partial charge in [-0.05, 0) is 68.7 Å². The summed E-state index contributed by atoms with van der Waals surface area (Å²) in [5, 5.41) is 14.7. The summed E-state index contributed by atoms with van der Waals surface area (Å²) < 4.78 is 36.4. The van der Waals surface area contributed by atoms with Crippen molar-refractivity contribution in [3.63, 3.8) is 0 Å². The van der Waals surface area contributed by atoms with Crippen LogP contribution in [0.3, 0.4) is 0 Å². The van der Waals surface area contributed by atoms with Crippen LogP contribution in [0.4, 0.5) is 15.8 Å². The lowest BCUT2D eigenvalue weighted by Crippen LogP contribution is -2.53. The van der Waals surface area contributed by atoms with Crippen LogP contribution in [-0.4, -0.2) is 64.6 Å². The predicted molar refractivity (Wildman–Crippen MR) is 213 cm³/mol. The summed E-state index contributed by atoms with van der Waals surface area (Å²) in [4.78, 5) is 79.9. The zero-order valence-corrected chi connectivity index (χ0v) is 33.4. The molecule has 18 heteroatoms. The minimum Gasteiger partial charge on any atom is -0.497 e. The van der Waals surface area contributed by atoms with Crippen LogP contribution in [0, 0.1) is 25.6 Å². The summed E-state index contributed by atoms with van der Waals surface area (Å²) in [6, 6.07) is 13.1. The zero-order valence-electron chi connectivity index (χ0n) is 33.4. The first-order valence-electron chi connectivity index (χ1n) is 18.3. The molecule has 0 unspecified atom stereocenters. The fourth-order valence-electron chi connectivity index (χ4n) is 5.80. The van der Waals surface area contributed by atoms with Crippen LogP contribution < -0.4 is 46.7 Å². The van der Waals surface area contributed by atoms with Crippen molar-refractivity contribution < 1.29 is 42.3 Å². The number of ether oxygens (including phenoxy) is 3. The topological polar surface area (TPSA) is 225 Å². The number of rotatable bonds is 16. The summed E-state index contributed by atoms with van der Waals surface area (Å²) in [5.41, 5.74) is 0.846. The third kappa shape index (κ3) is 10.6. The van der Waals surface area contributed by atoms with E-state index in [1.165, 1.54) is 51.5 Å². The minimum atomic E-state index is -1.10. The van der Waals surface area contributed by atoms with E-state index < -0.39 is 58.7 Å². The van der Waals surface area contributed by atoms with E-state index >= 15 is 0 Å². The average Bonchev–Trinajstić information content (AvgIpc) is 3.54. The smallest absolute Gasteiger partial charge is 0.328 e. The molecule has 0 aliphatic rings. The van der Waals surface area contributed by atoms with Gasteiger partial charge in [0.15, 0.2) is 0 Å². The Hall–Kier alpha value is -7.24. The van der Waals surface area contributed by atoms with Crippen LogP contribution in [0.1, 0.15) is 64.1 Å². The molecule has 0 radical (unpaired) electrons. The van der Waals surface area contributed by atoms with Crippen LogP contribution in [0.5, 0.6) is 17.2 Å². The molecule has 0 aliphatic carbocycles. The molecule has 310 valence electrons. The molecule has 0 aliphatic heterocycles. The number of H-pyrrole nitrogens is 1. The van der Waals surface area contributed by atoms with Gasteiger partial charge in [0.1, 0.15) is 41.7 Å². The highest BCUT2D eigenvalue weighted by Gasteiger charge is 2.28. The molecule has 5 rings (SSSR count). The molecule has 0 saturated heterocycles. The number of hydrogen-bond donors (Lipinski definition) is 5. The van der Waals surface area contributed by atoms with Gasteiger partial charge in [-0.2, -0.15) is 4.39 Å². The van der Waals surface area contributed by atoms with Gasteiger partial charge in [-0.3, -0.25) is 28.5 Å². The quantitative estimate of drug-likeness (QED) is 0.0955. The fourth-order valence-corrected chi connectivity index (χ4v) is 5.80. The van der Waals surface area contributed by atoms with Crippen molar-refractivity contribution in [2.24, 2.45) is 5.92 Å². The second-order valence-corrected chi connectivity index (χ2v) is 13.8. The standard InChI is InChI=1S/C41H44FN7O10/c1-21(2)35(39(53)44-23(4)36(50)45-27-10-8-25(9-11-27)19-49-40(54)33(42)18-43-41(49)55)47-37(51)26-14-28(16-30(15-26)57-7)46-38(52)31-13-12-29(56-6)17-34(31)58-20-32-22(3)48-59-24(32)5/h8-18,21,23,35H,19-20H2,1-7H3,(H,43,55)(H,44,53)(H,45,50)(H,46,52)(H,47,51)/t23-,35-/m0/s1. The maximum absolute atomic E-state index is 13.7. The first-order chi connectivity index (χ1) is 28.1. The van der Waals surface area contributed by atoms with E-state index in [0.29, 0.717) is 39.2 Å². The number of aromatic amines is 1. The highest BCUT2D eigenvalue weighted by atomic mass is 19.1. The highest BCUT2D eigenvalue weighted by molar-refractivity contribution is 6.07. The number of aromatic nitrogens is 3. The van der Waals surface area contributed by atoms with Gasteiger partial charge in [0.2, 0.25) is 17.6 Å². The Morgan fingerprint density at radius 1 is 0.847 bits per heavy atom. The van der Waals surface area contributed by atoms with Crippen LogP contribution in [0.15, 0.2) is 81.0 Å². The molecule has 5 aromatic rings. The Morgan fingerprint density at radius 2 is 1.56 bits per heavy atom. The van der Waals surface area contributed by atoms with E-state index in [1.807, 2.05) is 0 Å². The molecule has 4 amide bonds. The van der Waals surface area contributed by atoms with Crippen molar-refractivity contribution in [3.05, 3.63) is 127 Å². The second-order valence-electron chi connectivity index (χ2n) is 13.8. The molecule has 0 spiro atoms. The summed E-state index contributed by atoms with van der Waals surface area (Å²) in [6.45, 7) is 8.33. The van der Waals surface area contributed by atoms with Crippen molar-refractivity contribution in [3.8, 4) is 17.2 Å². The summed E-state index contributed by atoms with van der Waals surface area (Å²) in [6.07, 6.45) is 0.693. The maximum Gasteiger partial charge on any atom is 0.328 e. The monoisotopic (exact) mass is 813 g/mol. The van der Waals surface area contributed by atoms with Crippen LogP contribution in [0.25, 0.3) is 0 Å². The Balaban J connectivity index is 1.23. The number of carbonyl (C=O) groups excluding carboxylic acids is 4. The molecule has 2 aromatic heterocycles. The highest BCUT2D eigenvalue weighted by Crippen LogP contribution is 2.29. The van der Waals surface area contributed by atoms with E-state index in [1.54, 1.807) is 58.0 Å². The van der Waals surface area contributed by atoms with Gasteiger partial charge < -0.3 is 45.0 Å². The average molecular weight is 814 g/mol. The lowest BCUT2D eigenvalue weighted by atomic mass is 10.0. The van der Waals surface area contributed by atoms with E-state index in [2.05, 4.69) is 31.4 Å². The number of anilines is 2.